The van der Waals surface area contributed by atoms with Crippen molar-refractivity contribution in [3.05, 3.63) is 12.2 Å². The second-order valence-corrected chi connectivity index (χ2v) is 26.1. The molecule has 11 amide bonds. The predicted octanol–water partition coefficient (Wildman–Crippen LogP) is 3.27. The maximum absolute atomic E-state index is 15.1. The van der Waals surface area contributed by atoms with Gasteiger partial charge in [0.25, 0.3) is 0 Å². The van der Waals surface area contributed by atoms with Gasteiger partial charge in [0.05, 0.1) is 12.6 Å². The summed E-state index contributed by atoms with van der Waals surface area (Å²) in [4.78, 5) is 169. The number of hydrogen-bond donors (Lipinski definition) is 5. The first kappa shape index (κ1) is 76.9. The number of aliphatic hydroxyl groups is 1. The summed E-state index contributed by atoms with van der Waals surface area (Å²) in [5.74, 6) is -9.71. The highest BCUT2D eigenvalue weighted by Gasteiger charge is 2.45. The van der Waals surface area contributed by atoms with Crippen LogP contribution in [0, 0.1) is 41.4 Å². The Bertz CT molecular complexity index is 2330. The molecule has 0 bridgehead atoms. The molecule has 1 rings (SSSR count). The number of allylic oxidation sites excluding steroid dienone is 2. The van der Waals surface area contributed by atoms with Crippen molar-refractivity contribution in [1.82, 2.24) is 55.6 Å². The maximum Gasteiger partial charge on any atom is 0.246 e. The lowest BCUT2D eigenvalue weighted by Gasteiger charge is -2.41. The van der Waals surface area contributed by atoms with Gasteiger partial charge in [0.2, 0.25) is 65.0 Å². The van der Waals surface area contributed by atoms with Crippen LogP contribution < -0.4 is 21.3 Å². The number of aliphatic hydroxyl groups excluding tert-OH is 1. The van der Waals surface area contributed by atoms with E-state index in [0.29, 0.717) is 6.42 Å². The molecule has 5 N–H and O–H groups in total. The Morgan fingerprint density at radius 3 is 1.32 bits per heavy atom. The highest BCUT2D eigenvalue weighted by Crippen LogP contribution is 2.26. The van der Waals surface area contributed by atoms with E-state index in [0.717, 1.165) is 9.80 Å². The van der Waals surface area contributed by atoms with E-state index in [4.69, 9.17) is 0 Å². The van der Waals surface area contributed by atoms with Gasteiger partial charge in [0, 0.05) is 49.3 Å². The minimum atomic E-state index is -1.61. The molecule has 0 unspecified atom stereocenters. The molecule has 0 radical (unpaired) electrons. The van der Waals surface area contributed by atoms with Gasteiger partial charge in [0.1, 0.15) is 60.4 Å². The minimum absolute atomic E-state index is 0.0229. The maximum atomic E-state index is 15.1. The van der Waals surface area contributed by atoms with E-state index < -0.39 is 156 Å². The van der Waals surface area contributed by atoms with Crippen LogP contribution in [0.1, 0.15) is 156 Å². The molecule has 23 nitrogen and oxygen atoms in total. The van der Waals surface area contributed by atoms with E-state index in [1.165, 1.54) is 87.7 Å². The van der Waals surface area contributed by atoms with E-state index in [9.17, 15) is 48.3 Å². The van der Waals surface area contributed by atoms with Gasteiger partial charge in [0.15, 0.2) is 0 Å². The fourth-order valence-corrected chi connectivity index (χ4v) is 10.7. The zero-order chi connectivity index (χ0) is 66.0. The van der Waals surface area contributed by atoms with Crippen molar-refractivity contribution in [2.45, 2.75) is 223 Å². The van der Waals surface area contributed by atoms with E-state index in [-0.39, 0.29) is 55.8 Å². The first-order valence-electron chi connectivity index (χ1n) is 30.6. The lowest BCUT2D eigenvalue weighted by atomic mass is 9.91. The Balaban J connectivity index is 4.32. The molecule has 85 heavy (non-hydrogen) atoms. The summed E-state index contributed by atoms with van der Waals surface area (Å²) in [6.07, 6.45) is 3.04. The van der Waals surface area contributed by atoms with Crippen molar-refractivity contribution in [1.29, 1.82) is 0 Å². The molecule has 1 heterocycles. The number of amides is 11. The number of rotatable bonds is 15. The monoisotopic (exact) mass is 1200 g/mol. The molecule has 1 fully saturated rings. The fourth-order valence-electron chi connectivity index (χ4n) is 10.7. The molecule has 23 heteroatoms. The molecule has 0 aliphatic carbocycles. The number of likely N-dealkylation sites (N-methyl/N-ethyl adjacent to an activating group) is 7. The second-order valence-electron chi connectivity index (χ2n) is 26.1. The summed E-state index contributed by atoms with van der Waals surface area (Å²) in [5, 5.41) is 23.1. The lowest BCUT2D eigenvalue weighted by molar-refractivity contribution is -0.157. The van der Waals surface area contributed by atoms with Crippen molar-refractivity contribution in [2.24, 2.45) is 41.4 Å². The van der Waals surface area contributed by atoms with E-state index >= 15 is 9.59 Å². The average Bonchev–Trinajstić information content (AvgIpc) is 3.62. The van der Waals surface area contributed by atoms with Gasteiger partial charge in [-0.1, -0.05) is 109 Å². The Hall–Kier alpha value is -6.13. The van der Waals surface area contributed by atoms with E-state index in [2.05, 4.69) is 21.3 Å². The van der Waals surface area contributed by atoms with Gasteiger partial charge in [-0.05, 0) is 101 Å². The summed E-state index contributed by atoms with van der Waals surface area (Å²) in [6, 6.07) is -12.3. The Morgan fingerprint density at radius 2 is 0.871 bits per heavy atom. The first-order chi connectivity index (χ1) is 39.2. The molecular weight excluding hydrogens is 1090 g/mol. The Kier molecular flexibility index (Phi) is 31.5. The van der Waals surface area contributed by atoms with Crippen LogP contribution in [0.25, 0.3) is 0 Å². The topological polar surface area (TPSA) is 279 Å². The second kappa shape index (κ2) is 34.9. The molecule has 0 aromatic carbocycles. The predicted molar refractivity (Wildman–Crippen MR) is 328 cm³/mol. The van der Waals surface area contributed by atoms with Crippen molar-refractivity contribution in [3.63, 3.8) is 0 Å². The number of nitrogens with zero attached hydrogens (tertiary/aromatic N) is 7. The minimum Gasteiger partial charge on any atom is -0.390 e. The molecule has 486 valence electrons. The van der Waals surface area contributed by atoms with Crippen molar-refractivity contribution >= 4 is 65.0 Å². The summed E-state index contributed by atoms with van der Waals surface area (Å²) < 4.78 is 0. The van der Waals surface area contributed by atoms with Gasteiger partial charge in [-0.2, -0.15) is 0 Å². The third-order valence-corrected chi connectivity index (χ3v) is 16.1. The number of nitrogens with one attached hydrogen (secondary N) is 4. The fraction of sp³-hybridized carbons (Fsp3) is 0.790. The summed E-state index contributed by atoms with van der Waals surface area (Å²) in [6.45, 7) is 29.3. The number of carbonyl (C=O) groups excluding carboxylic acids is 11. The van der Waals surface area contributed by atoms with Crippen molar-refractivity contribution in [2.75, 3.05) is 55.9 Å². The normalized spacial score (nSPS) is 26.9. The van der Waals surface area contributed by atoms with Crippen molar-refractivity contribution < 1.29 is 57.8 Å². The van der Waals surface area contributed by atoms with Crippen molar-refractivity contribution in [3.8, 4) is 0 Å². The Labute approximate surface area is 508 Å². The average molecular weight is 1200 g/mol. The molecular formula is C62H111N11O12. The quantitative estimate of drug-likeness (QED) is 0.148. The largest absolute Gasteiger partial charge is 0.390 e. The molecule has 1 aliphatic rings. The highest BCUT2D eigenvalue weighted by molar-refractivity contribution is 5.99. The summed E-state index contributed by atoms with van der Waals surface area (Å²) >= 11 is 0. The van der Waals surface area contributed by atoms with Crippen LogP contribution in [-0.4, -0.2) is 227 Å². The molecule has 0 spiro atoms. The SMILES string of the molecule is C/C=C/C[C@@H](C)[C@@H](O)[C@H]1C(=O)N[C@H](CC)C(=O)N(C)CC(=O)N(C)[C@@H](CC(C)C)C(=O)N[C@H](C(C)C)C(=O)N(C)[C@@H](CC(C)C)C(=O)N[C@H](C)C(=O)N[C@H](C)C(=O)N(C)[C@@H](CC(C)C)C(=O)N(C)[C@@H](CC(C)C)C(=O)N(C)[C@H](C(C)C)C(=O)N1C. The molecule has 0 aromatic heterocycles. The van der Waals surface area contributed by atoms with Crippen LogP contribution in [0.15, 0.2) is 12.2 Å². The van der Waals surface area contributed by atoms with Gasteiger partial charge in [-0.25, -0.2) is 0 Å². The Morgan fingerprint density at radius 1 is 0.459 bits per heavy atom. The third-order valence-electron chi connectivity index (χ3n) is 16.1. The smallest absolute Gasteiger partial charge is 0.246 e. The number of carbonyl (C=O) groups is 11. The summed E-state index contributed by atoms with van der Waals surface area (Å²) in [7, 11) is 9.92. The zero-order valence-electron chi connectivity index (χ0n) is 56.1. The highest BCUT2D eigenvalue weighted by atomic mass is 16.3. The van der Waals surface area contributed by atoms with Crippen LogP contribution in [0.4, 0.5) is 0 Å². The van der Waals surface area contributed by atoms with Crippen LogP contribution in [0.5, 0.6) is 0 Å². The molecule has 1 saturated heterocycles. The van der Waals surface area contributed by atoms with Crippen LogP contribution in [0.2, 0.25) is 0 Å². The zero-order valence-corrected chi connectivity index (χ0v) is 56.1. The van der Waals surface area contributed by atoms with Crippen LogP contribution >= 0.6 is 0 Å². The standard InChI is InChI=1S/C62H111N11O12/c1-25-27-28-40(15)52(75)51-56(79)65-43(26-2)58(81)67(18)33-48(74)68(19)44(29-34(3)4)55(78)66-49(38(11)12)61(84)69(20)45(30-35(5)6)54(77)63-41(16)53(76)64-42(17)57(80)70(21)46(31-36(7)8)59(82)71(22)47(32-37(9)10)60(83)72(23)50(39(13)14)62(85)73(51)24/h25,27,34-47,49-52,75H,26,28-33H2,1-24H3,(H,63,77)(H,64,76)(H,65,79)(H,66,78)/b27-25+/t40-,41-,42-,43-,44+,45+,46+,47+,49-,50-,51+,52-/m1/s1. The molecule has 0 aromatic rings. The van der Waals surface area contributed by atoms with E-state index in [1.54, 1.807) is 54.5 Å². The first-order valence-corrected chi connectivity index (χ1v) is 30.6. The third kappa shape index (κ3) is 21.7. The van der Waals surface area contributed by atoms with E-state index in [1.807, 2.05) is 61.5 Å². The number of hydrogen-bond acceptors (Lipinski definition) is 12. The molecule has 12 atom stereocenters. The van der Waals surface area contributed by atoms with Gasteiger partial charge < -0.3 is 60.7 Å². The summed E-state index contributed by atoms with van der Waals surface area (Å²) in [5.41, 5.74) is 0. The lowest BCUT2D eigenvalue weighted by Crippen LogP contribution is -2.63. The van der Waals surface area contributed by atoms with Gasteiger partial charge in [-0.3, -0.25) is 52.7 Å². The molecule has 0 saturated carbocycles. The van der Waals surface area contributed by atoms with Gasteiger partial charge in [-0.15, -0.1) is 0 Å². The van der Waals surface area contributed by atoms with Crippen LogP contribution in [-0.2, 0) is 52.7 Å². The van der Waals surface area contributed by atoms with Gasteiger partial charge >= 0.3 is 0 Å². The molecule has 1 aliphatic heterocycles. The van der Waals surface area contributed by atoms with Crippen LogP contribution in [0.3, 0.4) is 0 Å².